The highest BCUT2D eigenvalue weighted by Crippen LogP contribution is 2.31. The van der Waals surface area contributed by atoms with Gasteiger partial charge >= 0.3 is 0 Å². The largest absolute Gasteiger partial charge is 0.352 e. The molecule has 2 N–H and O–H groups in total. The number of piperidine rings is 1. The second-order valence-electron chi connectivity index (χ2n) is 7.53. The number of nitrogens with one attached hydrogen (secondary N) is 2. The summed E-state index contributed by atoms with van der Waals surface area (Å²) in [4.78, 5) is 12.6. The van der Waals surface area contributed by atoms with Crippen molar-refractivity contribution in [2.75, 3.05) is 6.54 Å². The molecule has 1 heterocycles. The normalized spacial score (nSPS) is 29.4. The van der Waals surface area contributed by atoms with Crippen molar-refractivity contribution in [3.8, 4) is 0 Å². The number of amides is 1. The Morgan fingerprint density at radius 3 is 2.40 bits per heavy atom. The van der Waals surface area contributed by atoms with Gasteiger partial charge in [-0.3, -0.25) is 4.79 Å². The van der Waals surface area contributed by atoms with Crippen LogP contribution >= 0.6 is 0 Å². The van der Waals surface area contributed by atoms with E-state index in [0.29, 0.717) is 12.0 Å². The SMILES string of the molecule is C[C@@H](NC(=O)C1NCCCC1(C)C)C1CCCCCC1. The van der Waals surface area contributed by atoms with Crippen LogP contribution in [0.25, 0.3) is 0 Å². The Labute approximate surface area is 124 Å². The Bertz CT molecular complexity index is 319. The van der Waals surface area contributed by atoms with E-state index in [0.717, 1.165) is 13.0 Å². The van der Waals surface area contributed by atoms with Crippen molar-refractivity contribution in [1.82, 2.24) is 10.6 Å². The third kappa shape index (κ3) is 3.97. The number of hydrogen-bond donors (Lipinski definition) is 2. The van der Waals surface area contributed by atoms with Crippen molar-refractivity contribution in [1.29, 1.82) is 0 Å². The molecular formula is C17H32N2O. The van der Waals surface area contributed by atoms with Crippen LogP contribution in [0.1, 0.15) is 72.1 Å². The number of hydrogen-bond acceptors (Lipinski definition) is 2. The van der Waals surface area contributed by atoms with E-state index in [1.807, 2.05) is 0 Å². The zero-order chi connectivity index (χ0) is 14.6. The second-order valence-corrected chi connectivity index (χ2v) is 7.53. The molecule has 0 aromatic heterocycles. The van der Waals surface area contributed by atoms with Crippen molar-refractivity contribution in [2.24, 2.45) is 11.3 Å². The van der Waals surface area contributed by atoms with Crippen LogP contribution in [0.2, 0.25) is 0 Å². The van der Waals surface area contributed by atoms with Gasteiger partial charge in [0.2, 0.25) is 5.91 Å². The minimum atomic E-state index is -0.0236. The first-order chi connectivity index (χ1) is 9.50. The van der Waals surface area contributed by atoms with Gasteiger partial charge in [-0.25, -0.2) is 0 Å². The lowest BCUT2D eigenvalue weighted by Crippen LogP contribution is -2.57. The van der Waals surface area contributed by atoms with Gasteiger partial charge in [0.25, 0.3) is 0 Å². The Kier molecular flexibility index (Phi) is 5.48. The molecule has 1 saturated carbocycles. The van der Waals surface area contributed by atoms with Gasteiger partial charge in [0, 0.05) is 6.04 Å². The summed E-state index contributed by atoms with van der Waals surface area (Å²) in [5.41, 5.74) is 0.0749. The first-order valence-electron chi connectivity index (χ1n) is 8.54. The van der Waals surface area contributed by atoms with Crippen LogP contribution < -0.4 is 10.6 Å². The van der Waals surface area contributed by atoms with Crippen LogP contribution in [0.15, 0.2) is 0 Å². The molecule has 20 heavy (non-hydrogen) atoms. The predicted octanol–water partition coefficient (Wildman–Crippen LogP) is 3.24. The number of rotatable bonds is 3. The fourth-order valence-electron chi connectivity index (χ4n) is 3.90. The van der Waals surface area contributed by atoms with Crippen LogP contribution in [-0.4, -0.2) is 24.5 Å². The van der Waals surface area contributed by atoms with Gasteiger partial charge in [0.1, 0.15) is 0 Å². The van der Waals surface area contributed by atoms with E-state index in [1.165, 1.54) is 44.9 Å². The summed E-state index contributed by atoms with van der Waals surface area (Å²) in [7, 11) is 0. The lowest BCUT2D eigenvalue weighted by molar-refractivity contribution is -0.127. The van der Waals surface area contributed by atoms with Gasteiger partial charge in [-0.15, -0.1) is 0 Å². The molecule has 1 amide bonds. The standard InChI is InChI=1S/C17H32N2O/c1-13(14-9-6-4-5-7-10-14)19-16(20)15-17(2,3)11-8-12-18-15/h13-15,18H,4-12H2,1-3H3,(H,19,20)/t13-,15?/m1/s1. The van der Waals surface area contributed by atoms with E-state index in [2.05, 4.69) is 31.4 Å². The highest BCUT2D eigenvalue weighted by molar-refractivity contribution is 5.83. The molecule has 2 fully saturated rings. The molecule has 0 radical (unpaired) electrons. The third-order valence-electron chi connectivity index (χ3n) is 5.37. The molecular weight excluding hydrogens is 248 g/mol. The Balaban J connectivity index is 1.89. The molecule has 3 heteroatoms. The molecule has 1 aliphatic heterocycles. The molecule has 1 aliphatic carbocycles. The lowest BCUT2D eigenvalue weighted by Gasteiger charge is -2.39. The molecule has 0 aromatic carbocycles. The molecule has 1 saturated heterocycles. The van der Waals surface area contributed by atoms with Crippen molar-refractivity contribution >= 4 is 5.91 Å². The summed E-state index contributed by atoms with van der Waals surface area (Å²) in [6.45, 7) is 7.59. The van der Waals surface area contributed by atoms with Crippen LogP contribution in [0.3, 0.4) is 0 Å². The molecule has 3 nitrogen and oxygen atoms in total. The molecule has 0 aromatic rings. The predicted molar refractivity (Wildman–Crippen MR) is 83.6 cm³/mol. The first-order valence-corrected chi connectivity index (χ1v) is 8.54. The van der Waals surface area contributed by atoms with Crippen molar-refractivity contribution in [3.05, 3.63) is 0 Å². The summed E-state index contributed by atoms with van der Waals surface area (Å²) in [6, 6.07) is 0.296. The smallest absolute Gasteiger partial charge is 0.237 e. The van der Waals surface area contributed by atoms with Crippen LogP contribution in [0.5, 0.6) is 0 Å². The third-order valence-corrected chi connectivity index (χ3v) is 5.37. The van der Waals surface area contributed by atoms with Gasteiger partial charge in [-0.05, 0) is 50.5 Å². The average Bonchev–Trinajstić information content (AvgIpc) is 2.66. The molecule has 116 valence electrons. The summed E-state index contributed by atoms with van der Waals surface area (Å²) in [5, 5.41) is 6.72. The first kappa shape index (κ1) is 15.8. The van der Waals surface area contributed by atoms with Crippen molar-refractivity contribution < 1.29 is 4.79 Å². The summed E-state index contributed by atoms with van der Waals surface area (Å²) in [6.07, 6.45) is 10.3. The van der Waals surface area contributed by atoms with Gasteiger partial charge in [0.05, 0.1) is 6.04 Å². The minimum Gasteiger partial charge on any atom is -0.352 e. The monoisotopic (exact) mass is 280 g/mol. The second kappa shape index (κ2) is 6.93. The van der Waals surface area contributed by atoms with Crippen LogP contribution in [0.4, 0.5) is 0 Å². The van der Waals surface area contributed by atoms with E-state index >= 15 is 0 Å². The molecule has 0 bridgehead atoms. The average molecular weight is 280 g/mol. The van der Waals surface area contributed by atoms with Crippen LogP contribution in [-0.2, 0) is 4.79 Å². The van der Waals surface area contributed by atoms with Gasteiger partial charge in [-0.2, -0.15) is 0 Å². The maximum absolute atomic E-state index is 12.6. The minimum absolute atomic E-state index is 0.0236. The highest BCUT2D eigenvalue weighted by atomic mass is 16.2. The maximum atomic E-state index is 12.6. The Morgan fingerprint density at radius 2 is 1.80 bits per heavy atom. The summed E-state index contributed by atoms with van der Waals surface area (Å²) < 4.78 is 0. The van der Waals surface area contributed by atoms with Gasteiger partial charge < -0.3 is 10.6 Å². The lowest BCUT2D eigenvalue weighted by atomic mass is 9.77. The van der Waals surface area contributed by atoms with E-state index < -0.39 is 0 Å². The topological polar surface area (TPSA) is 41.1 Å². The zero-order valence-corrected chi connectivity index (χ0v) is 13.5. The van der Waals surface area contributed by atoms with Crippen LogP contribution in [0, 0.1) is 11.3 Å². The fraction of sp³-hybridized carbons (Fsp3) is 0.941. The molecule has 0 spiro atoms. The van der Waals surface area contributed by atoms with Crippen molar-refractivity contribution in [2.45, 2.75) is 84.2 Å². The zero-order valence-electron chi connectivity index (χ0n) is 13.5. The van der Waals surface area contributed by atoms with Gasteiger partial charge in [0.15, 0.2) is 0 Å². The van der Waals surface area contributed by atoms with Crippen molar-refractivity contribution in [3.63, 3.8) is 0 Å². The number of carbonyl (C=O) groups is 1. The fourth-order valence-corrected chi connectivity index (χ4v) is 3.90. The van der Waals surface area contributed by atoms with E-state index in [4.69, 9.17) is 0 Å². The van der Waals surface area contributed by atoms with E-state index in [9.17, 15) is 4.79 Å². The van der Waals surface area contributed by atoms with E-state index in [1.54, 1.807) is 0 Å². The highest BCUT2D eigenvalue weighted by Gasteiger charge is 2.37. The molecule has 2 rings (SSSR count). The molecule has 2 aliphatic rings. The summed E-state index contributed by atoms with van der Waals surface area (Å²) in [5.74, 6) is 0.889. The van der Waals surface area contributed by atoms with Gasteiger partial charge in [-0.1, -0.05) is 39.5 Å². The Morgan fingerprint density at radius 1 is 1.15 bits per heavy atom. The Hall–Kier alpha value is -0.570. The summed E-state index contributed by atoms with van der Waals surface area (Å²) >= 11 is 0. The van der Waals surface area contributed by atoms with E-state index in [-0.39, 0.29) is 17.4 Å². The number of carbonyl (C=O) groups excluding carboxylic acids is 1. The molecule has 1 unspecified atom stereocenters. The quantitative estimate of drug-likeness (QED) is 0.779. The maximum Gasteiger partial charge on any atom is 0.237 e. The molecule has 2 atom stereocenters.